The molecule has 32 heavy (non-hydrogen) atoms. The third-order valence-corrected chi connectivity index (χ3v) is 7.06. The Morgan fingerprint density at radius 1 is 1.06 bits per heavy atom. The van der Waals surface area contributed by atoms with Gasteiger partial charge in [0.1, 0.15) is 5.41 Å². The fraction of sp³-hybridized carbons (Fsp3) is 0.192. The number of benzene rings is 3. The van der Waals surface area contributed by atoms with Crippen molar-refractivity contribution in [2.45, 2.75) is 18.9 Å². The number of anilines is 1. The number of ketones is 1. The highest BCUT2D eigenvalue weighted by atomic mass is 79.9. The van der Waals surface area contributed by atoms with Crippen LogP contribution in [-0.4, -0.2) is 24.6 Å². The molecule has 0 aromatic heterocycles. The molecule has 0 unspecified atom stereocenters. The topological polar surface area (TPSA) is 66.5 Å². The lowest BCUT2D eigenvalue weighted by atomic mass is 9.68. The Hall–Kier alpha value is -3.25. The predicted octanol–water partition coefficient (Wildman–Crippen LogP) is 4.25. The maximum absolute atomic E-state index is 13.9. The highest BCUT2D eigenvalue weighted by Gasteiger charge is 2.61. The van der Waals surface area contributed by atoms with Crippen LogP contribution < -0.4 is 10.2 Å². The van der Waals surface area contributed by atoms with Gasteiger partial charge in [-0.1, -0.05) is 70.5 Å². The quantitative estimate of drug-likeness (QED) is 0.558. The number of nitrogens with zero attached hydrogens (tertiary/aromatic N) is 1. The number of rotatable bonds is 4. The van der Waals surface area contributed by atoms with Crippen LogP contribution in [0.15, 0.2) is 77.3 Å². The van der Waals surface area contributed by atoms with Crippen LogP contribution >= 0.6 is 15.9 Å². The van der Waals surface area contributed by atoms with Crippen molar-refractivity contribution in [3.05, 3.63) is 99.5 Å². The van der Waals surface area contributed by atoms with Crippen LogP contribution in [0, 0.1) is 5.41 Å². The van der Waals surface area contributed by atoms with Gasteiger partial charge < -0.3 is 10.2 Å². The first-order valence-electron chi connectivity index (χ1n) is 10.5. The number of likely N-dealkylation sites (N-methyl/N-ethyl adjacent to an activating group) is 1. The van der Waals surface area contributed by atoms with Gasteiger partial charge in [0.25, 0.3) is 0 Å². The molecule has 160 valence electrons. The largest absolute Gasteiger partial charge is 0.351 e. The van der Waals surface area contributed by atoms with E-state index in [0.29, 0.717) is 11.1 Å². The molecule has 2 aliphatic rings. The van der Waals surface area contributed by atoms with Gasteiger partial charge in [-0.05, 0) is 41.3 Å². The molecule has 1 aliphatic heterocycles. The van der Waals surface area contributed by atoms with E-state index in [4.69, 9.17) is 0 Å². The summed E-state index contributed by atoms with van der Waals surface area (Å²) in [5, 5.41) is 2.96. The molecule has 0 bridgehead atoms. The molecule has 2 amide bonds. The lowest BCUT2D eigenvalue weighted by Gasteiger charge is -2.31. The second kappa shape index (κ2) is 7.71. The zero-order valence-corrected chi connectivity index (χ0v) is 19.1. The Bertz CT molecular complexity index is 1260. The zero-order chi connectivity index (χ0) is 22.5. The van der Waals surface area contributed by atoms with Crippen LogP contribution in [0.5, 0.6) is 0 Å². The van der Waals surface area contributed by atoms with Gasteiger partial charge >= 0.3 is 0 Å². The van der Waals surface area contributed by atoms with E-state index < -0.39 is 17.2 Å². The first-order valence-corrected chi connectivity index (χ1v) is 11.2. The van der Waals surface area contributed by atoms with Gasteiger partial charge in [-0.3, -0.25) is 14.4 Å². The number of hydrogen-bond donors (Lipinski definition) is 1. The molecule has 0 saturated heterocycles. The minimum atomic E-state index is -1.53. The molecule has 6 heteroatoms. The van der Waals surface area contributed by atoms with E-state index in [1.165, 1.54) is 0 Å². The standard InChI is InChI=1S/C26H21BrN2O3/c1-29-21-12-11-18(27)13-20(21)22(24(29)31)26(14-17-9-5-6-10-19(17)23(26)30)25(32)28-15-16-7-3-2-4-8-16/h2-13,22H,14-15H2,1H3,(H,28,32)/t22-,26-/m0/s1. The van der Waals surface area contributed by atoms with Gasteiger partial charge in [0.15, 0.2) is 5.78 Å². The first-order chi connectivity index (χ1) is 15.4. The summed E-state index contributed by atoms with van der Waals surface area (Å²) < 4.78 is 0.798. The number of fused-ring (bicyclic) bond motifs is 2. The maximum Gasteiger partial charge on any atom is 0.235 e. The van der Waals surface area contributed by atoms with Crippen LogP contribution in [0.25, 0.3) is 0 Å². The van der Waals surface area contributed by atoms with E-state index in [-0.39, 0.29) is 24.7 Å². The zero-order valence-electron chi connectivity index (χ0n) is 17.5. The van der Waals surface area contributed by atoms with Gasteiger partial charge in [0.05, 0.1) is 5.92 Å². The van der Waals surface area contributed by atoms with E-state index in [1.54, 1.807) is 24.1 Å². The fourth-order valence-corrected chi connectivity index (χ4v) is 5.36. The van der Waals surface area contributed by atoms with Crippen molar-refractivity contribution in [2.75, 3.05) is 11.9 Å². The molecule has 1 N–H and O–H groups in total. The molecule has 0 spiro atoms. The second-order valence-electron chi connectivity index (χ2n) is 8.34. The molecule has 2 atom stereocenters. The van der Waals surface area contributed by atoms with Crippen molar-refractivity contribution in [1.82, 2.24) is 5.32 Å². The van der Waals surface area contributed by atoms with Gasteiger partial charge in [-0.2, -0.15) is 0 Å². The normalized spacial score (nSPS) is 21.4. The Kier molecular flexibility index (Phi) is 4.97. The summed E-state index contributed by atoms with van der Waals surface area (Å²) in [4.78, 5) is 42.8. The summed E-state index contributed by atoms with van der Waals surface area (Å²) in [6.45, 7) is 0.285. The van der Waals surface area contributed by atoms with E-state index in [0.717, 1.165) is 21.3 Å². The smallest absolute Gasteiger partial charge is 0.235 e. The van der Waals surface area contributed by atoms with E-state index in [9.17, 15) is 14.4 Å². The van der Waals surface area contributed by atoms with Crippen LogP contribution in [-0.2, 0) is 22.6 Å². The molecular formula is C26H21BrN2O3. The number of hydrogen-bond acceptors (Lipinski definition) is 3. The third kappa shape index (κ3) is 3.01. The third-order valence-electron chi connectivity index (χ3n) is 6.57. The minimum absolute atomic E-state index is 0.193. The number of carbonyl (C=O) groups excluding carboxylic acids is 3. The number of halogens is 1. The molecule has 1 heterocycles. The number of Topliss-reactive ketones (excluding diaryl/α,β-unsaturated/α-hetero) is 1. The van der Waals surface area contributed by atoms with Crippen molar-refractivity contribution in [1.29, 1.82) is 0 Å². The average Bonchev–Trinajstić information content (AvgIpc) is 3.24. The van der Waals surface area contributed by atoms with Gasteiger partial charge in [0, 0.05) is 29.3 Å². The van der Waals surface area contributed by atoms with Gasteiger partial charge in [0.2, 0.25) is 11.8 Å². The SMILES string of the molecule is CN1C(=O)[C@@H]([C@@]2(C(=O)NCc3ccccc3)Cc3ccccc3C2=O)c2cc(Br)ccc21. The summed E-state index contributed by atoms with van der Waals surface area (Å²) in [6.07, 6.45) is 0.193. The summed E-state index contributed by atoms with van der Waals surface area (Å²) in [5.41, 5.74) is 2.13. The Labute approximate surface area is 194 Å². The Morgan fingerprint density at radius 2 is 1.78 bits per heavy atom. The summed E-state index contributed by atoms with van der Waals surface area (Å²) >= 11 is 3.48. The summed E-state index contributed by atoms with van der Waals surface area (Å²) in [5.74, 6) is -1.84. The fourth-order valence-electron chi connectivity index (χ4n) is 4.98. The Morgan fingerprint density at radius 3 is 2.53 bits per heavy atom. The summed E-state index contributed by atoms with van der Waals surface area (Å²) in [7, 11) is 1.69. The first kappa shape index (κ1) is 20.6. The highest BCUT2D eigenvalue weighted by Crippen LogP contribution is 2.53. The number of nitrogens with one attached hydrogen (secondary N) is 1. The Balaban J connectivity index is 1.62. The number of amides is 2. The van der Waals surface area contributed by atoms with Crippen LogP contribution in [0.4, 0.5) is 5.69 Å². The molecule has 0 fully saturated rings. The molecule has 5 nitrogen and oxygen atoms in total. The summed E-state index contributed by atoms with van der Waals surface area (Å²) in [6, 6.07) is 22.4. The van der Waals surface area contributed by atoms with Crippen LogP contribution in [0.3, 0.4) is 0 Å². The van der Waals surface area contributed by atoms with E-state index in [2.05, 4.69) is 21.2 Å². The second-order valence-corrected chi connectivity index (χ2v) is 9.25. The maximum atomic E-state index is 13.9. The van der Waals surface area contributed by atoms with Gasteiger partial charge in [-0.15, -0.1) is 0 Å². The molecular weight excluding hydrogens is 468 g/mol. The van der Waals surface area contributed by atoms with Crippen molar-refractivity contribution < 1.29 is 14.4 Å². The minimum Gasteiger partial charge on any atom is -0.351 e. The monoisotopic (exact) mass is 488 g/mol. The average molecular weight is 489 g/mol. The molecule has 5 rings (SSSR count). The van der Waals surface area contributed by atoms with Gasteiger partial charge in [-0.25, -0.2) is 0 Å². The van der Waals surface area contributed by atoms with Crippen LogP contribution in [0.1, 0.15) is 33.0 Å². The van der Waals surface area contributed by atoms with Crippen molar-refractivity contribution in [2.24, 2.45) is 5.41 Å². The van der Waals surface area contributed by atoms with E-state index >= 15 is 0 Å². The van der Waals surface area contributed by atoms with Crippen molar-refractivity contribution >= 4 is 39.2 Å². The van der Waals surface area contributed by atoms with Crippen LogP contribution in [0.2, 0.25) is 0 Å². The highest BCUT2D eigenvalue weighted by molar-refractivity contribution is 9.10. The molecule has 0 radical (unpaired) electrons. The molecule has 3 aromatic carbocycles. The molecule has 1 aliphatic carbocycles. The molecule has 3 aromatic rings. The lowest BCUT2D eigenvalue weighted by Crippen LogP contribution is -2.51. The van der Waals surface area contributed by atoms with E-state index in [1.807, 2.05) is 60.7 Å². The van der Waals surface area contributed by atoms with Crippen molar-refractivity contribution in [3.63, 3.8) is 0 Å². The lowest BCUT2D eigenvalue weighted by molar-refractivity contribution is -0.134. The molecule has 0 saturated carbocycles. The van der Waals surface area contributed by atoms with Crippen molar-refractivity contribution in [3.8, 4) is 0 Å². The predicted molar refractivity (Wildman–Crippen MR) is 125 cm³/mol. The number of carbonyl (C=O) groups is 3.